The quantitative estimate of drug-likeness (QED) is 0.893. The molecule has 0 aliphatic heterocycles. The summed E-state index contributed by atoms with van der Waals surface area (Å²) in [4.78, 5) is 11.8. The molecule has 1 aromatic rings. The summed E-state index contributed by atoms with van der Waals surface area (Å²) in [7, 11) is -3.44. The molecular weight excluding hydrogens is 276 g/mol. The molecule has 5 nitrogen and oxygen atoms in total. The Bertz CT molecular complexity index is 596. The molecule has 110 valence electrons. The van der Waals surface area contributed by atoms with Gasteiger partial charge in [-0.25, -0.2) is 8.42 Å². The van der Waals surface area contributed by atoms with Crippen LogP contribution in [0, 0.1) is 0 Å². The molecule has 1 aromatic carbocycles. The third-order valence-corrected chi connectivity index (χ3v) is 5.23. The van der Waals surface area contributed by atoms with Crippen molar-refractivity contribution in [3.8, 4) is 0 Å². The van der Waals surface area contributed by atoms with Crippen molar-refractivity contribution in [1.82, 2.24) is 5.32 Å². The highest BCUT2D eigenvalue weighted by Gasteiger charge is 2.29. The van der Waals surface area contributed by atoms with Crippen molar-refractivity contribution < 1.29 is 13.2 Å². The number of benzene rings is 1. The van der Waals surface area contributed by atoms with E-state index in [4.69, 9.17) is 0 Å². The summed E-state index contributed by atoms with van der Waals surface area (Å²) in [5.74, 6) is -0.113. The fraction of sp³-hybridized carbons (Fsp3) is 0.500. The zero-order valence-corrected chi connectivity index (χ0v) is 12.8. The fourth-order valence-corrected chi connectivity index (χ4v) is 2.25. The number of carbonyl (C=O) groups is 1. The molecule has 1 aliphatic rings. The maximum absolute atomic E-state index is 12.0. The third-order valence-electron chi connectivity index (χ3n) is 3.12. The Labute approximate surface area is 119 Å². The van der Waals surface area contributed by atoms with Gasteiger partial charge >= 0.3 is 0 Å². The second-order valence-corrected chi connectivity index (χ2v) is 8.48. The monoisotopic (exact) mass is 296 g/mol. The lowest BCUT2D eigenvalue weighted by Gasteiger charge is -2.20. The normalized spacial score (nSPS) is 15.8. The van der Waals surface area contributed by atoms with Gasteiger partial charge in [0.15, 0.2) is 0 Å². The van der Waals surface area contributed by atoms with E-state index in [2.05, 4.69) is 10.0 Å². The van der Waals surface area contributed by atoms with Crippen molar-refractivity contribution >= 4 is 21.6 Å². The van der Waals surface area contributed by atoms with E-state index in [-0.39, 0.29) is 5.91 Å². The van der Waals surface area contributed by atoms with Crippen LogP contribution >= 0.6 is 0 Å². The SMILES string of the molecule is CC(C)(C)S(=O)(=O)Nc1ccc(C(=O)NC2CC2)cc1. The van der Waals surface area contributed by atoms with Gasteiger partial charge in [0, 0.05) is 17.3 Å². The number of nitrogens with one attached hydrogen (secondary N) is 2. The summed E-state index contributed by atoms with van der Waals surface area (Å²) in [6, 6.07) is 6.76. The van der Waals surface area contributed by atoms with E-state index >= 15 is 0 Å². The van der Waals surface area contributed by atoms with Crippen LogP contribution in [-0.2, 0) is 10.0 Å². The van der Waals surface area contributed by atoms with Crippen LogP contribution in [0.5, 0.6) is 0 Å². The Kier molecular flexibility index (Phi) is 3.77. The van der Waals surface area contributed by atoms with Crippen LogP contribution in [0.1, 0.15) is 44.0 Å². The number of hydrogen-bond donors (Lipinski definition) is 2. The summed E-state index contributed by atoms with van der Waals surface area (Å²) in [5.41, 5.74) is 0.999. The number of carbonyl (C=O) groups excluding carboxylic acids is 1. The van der Waals surface area contributed by atoms with Gasteiger partial charge in [0.25, 0.3) is 5.91 Å². The smallest absolute Gasteiger partial charge is 0.251 e. The molecule has 0 radical (unpaired) electrons. The molecule has 0 spiro atoms. The summed E-state index contributed by atoms with van der Waals surface area (Å²) >= 11 is 0. The molecule has 1 saturated carbocycles. The standard InChI is InChI=1S/C14H20N2O3S/c1-14(2,3)20(18,19)16-12-6-4-10(5-7-12)13(17)15-11-8-9-11/h4-7,11,16H,8-9H2,1-3H3,(H,15,17). The highest BCUT2D eigenvalue weighted by Crippen LogP contribution is 2.21. The number of anilines is 1. The summed E-state index contributed by atoms with van der Waals surface area (Å²) in [5, 5.41) is 2.88. The van der Waals surface area contributed by atoms with Gasteiger partial charge in [0.1, 0.15) is 0 Å². The highest BCUT2D eigenvalue weighted by molar-refractivity contribution is 7.94. The topological polar surface area (TPSA) is 75.3 Å². The Balaban J connectivity index is 2.06. The van der Waals surface area contributed by atoms with Crippen molar-refractivity contribution in [2.75, 3.05) is 4.72 Å². The predicted molar refractivity (Wildman–Crippen MR) is 79.2 cm³/mol. The average molecular weight is 296 g/mol. The van der Waals surface area contributed by atoms with Crippen LogP contribution in [0.15, 0.2) is 24.3 Å². The lowest BCUT2D eigenvalue weighted by Crippen LogP contribution is -2.33. The largest absolute Gasteiger partial charge is 0.349 e. The molecule has 0 heterocycles. The van der Waals surface area contributed by atoms with Crippen LogP contribution < -0.4 is 10.0 Å². The minimum Gasteiger partial charge on any atom is -0.349 e. The maximum Gasteiger partial charge on any atom is 0.251 e. The number of amides is 1. The van der Waals surface area contributed by atoms with E-state index in [9.17, 15) is 13.2 Å². The molecule has 1 aliphatic carbocycles. The van der Waals surface area contributed by atoms with Gasteiger partial charge in [-0.15, -0.1) is 0 Å². The molecule has 0 bridgehead atoms. The second-order valence-electron chi connectivity index (χ2n) is 6.04. The highest BCUT2D eigenvalue weighted by atomic mass is 32.2. The molecule has 1 amide bonds. The average Bonchev–Trinajstić information content (AvgIpc) is 3.11. The van der Waals surface area contributed by atoms with Crippen molar-refractivity contribution in [2.24, 2.45) is 0 Å². The molecule has 6 heteroatoms. The molecule has 20 heavy (non-hydrogen) atoms. The van der Waals surface area contributed by atoms with Gasteiger partial charge in [-0.2, -0.15) is 0 Å². The van der Waals surface area contributed by atoms with E-state index in [1.165, 1.54) is 0 Å². The minimum atomic E-state index is -3.44. The fourth-order valence-electron chi connectivity index (χ4n) is 1.49. The predicted octanol–water partition coefficient (Wildman–Crippen LogP) is 2.12. The molecule has 2 rings (SSSR count). The van der Waals surface area contributed by atoms with Gasteiger partial charge in [0.2, 0.25) is 10.0 Å². The van der Waals surface area contributed by atoms with Crippen LogP contribution in [0.2, 0.25) is 0 Å². The van der Waals surface area contributed by atoms with Crippen molar-refractivity contribution in [2.45, 2.75) is 44.4 Å². The zero-order valence-electron chi connectivity index (χ0n) is 11.9. The van der Waals surface area contributed by atoms with Crippen molar-refractivity contribution in [3.05, 3.63) is 29.8 Å². The Morgan fingerprint density at radius 2 is 1.70 bits per heavy atom. The van der Waals surface area contributed by atoms with Gasteiger partial charge in [-0.1, -0.05) is 0 Å². The summed E-state index contributed by atoms with van der Waals surface area (Å²) < 4.78 is 25.6. The molecule has 2 N–H and O–H groups in total. The van der Waals surface area contributed by atoms with E-state index in [1.54, 1.807) is 45.0 Å². The second kappa shape index (κ2) is 5.09. The van der Waals surface area contributed by atoms with Gasteiger partial charge < -0.3 is 5.32 Å². The van der Waals surface area contributed by atoms with Crippen molar-refractivity contribution in [1.29, 1.82) is 0 Å². The van der Waals surface area contributed by atoms with Crippen molar-refractivity contribution in [3.63, 3.8) is 0 Å². The minimum absolute atomic E-state index is 0.113. The van der Waals surface area contributed by atoms with Gasteiger partial charge in [0.05, 0.1) is 4.75 Å². The molecule has 1 fully saturated rings. The number of hydrogen-bond acceptors (Lipinski definition) is 3. The Hall–Kier alpha value is -1.56. The molecule has 0 unspecified atom stereocenters. The first kappa shape index (κ1) is 14.8. The van der Waals surface area contributed by atoms with E-state index in [1.807, 2.05) is 0 Å². The molecule has 0 atom stereocenters. The number of rotatable bonds is 4. The third kappa shape index (κ3) is 3.50. The van der Waals surface area contributed by atoms with Crippen LogP contribution in [0.25, 0.3) is 0 Å². The summed E-state index contributed by atoms with van der Waals surface area (Å²) in [6.07, 6.45) is 2.07. The van der Waals surface area contributed by atoms with E-state index < -0.39 is 14.8 Å². The van der Waals surface area contributed by atoms with Crippen LogP contribution in [-0.4, -0.2) is 25.1 Å². The van der Waals surface area contributed by atoms with E-state index in [0.29, 0.717) is 17.3 Å². The first-order valence-corrected chi connectivity index (χ1v) is 8.11. The lowest BCUT2D eigenvalue weighted by molar-refractivity contribution is 0.0951. The molecule has 0 aromatic heterocycles. The Morgan fingerprint density at radius 1 is 1.15 bits per heavy atom. The zero-order chi connectivity index (χ0) is 15.0. The first-order chi connectivity index (χ1) is 9.19. The Morgan fingerprint density at radius 3 is 2.15 bits per heavy atom. The first-order valence-electron chi connectivity index (χ1n) is 6.62. The summed E-state index contributed by atoms with van der Waals surface area (Å²) in [6.45, 7) is 4.90. The molecular formula is C14H20N2O3S. The van der Waals surface area contributed by atoms with Crippen LogP contribution in [0.4, 0.5) is 5.69 Å². The van der Waals surface area contributed by atoms with Crippen LogP contribution in [0.3, 0.4) is 0 Å². The van der Waals surface area contributed by atoms with Gasteiger partial charge in [-0.3, -0.25) is 9.52 Å². The molecule has 0 saturated heterocycles. The maximum atomic E-state index is 12.0. The lowest BCUT2D eigenvalue weighted by atomic mass is 10.2. The van der Waals surface area contributed by atoms with Gasteiger partial charge in [-0.05, 0) is 57.9 Å². The number of sulfonamides is 1. The van der Waals surface area contributed by atoms with E-state index in [0.717, 1.165) is 12.8 Å².